The number of nitrogens with zero attached hydrogens (tertiary/aromatic N) is 1. The highest BCUT2D eigenvalue weighted by Crippen LogP contribution is 2.33. The highest BCUT2D eigenvalue weighted by atomic mass is 79.9. The van der Waals surface area contributed by atoms with Gasteiger partial charge >= 0.3 is 12.1 Å². The Labute approximate surface area is 151 Å². The Morgan fingerprint density at radius 1 is 1.38 bits per heavy atom. The van der Waals surface area contributed by atoms with Crippen molar-refractivity contribution in [2.45, 2.75) is 45.1 Å². The van der Waals surface area contributed by atoms with Gasteiger partial charge in [0.2, 0.25) is 0 Å². The van der Waals surface area contributed by atoms with Crippen molar-refractivity contribution in [1.29, 1.82) is 0 Å². The largest absolute Gasteiger partial charge is 0.481 e. The molecule has 1 heterocycles. The first-order chi connectivity index (χ1) is 11.2. The van der Waals surface area contributed by atoms with E-state index in [9.17, 15) is 14.7 Å². The number of amides is 1. The lowest BCUT2D eigenvalue weighted by Gasteiger charge is -2.36. The number of carbonyl (C=O) groups is 2. The molecule has 0 aromatic heterocycles. The van der Waals surface area contributed by atoms with E-state index in [4.69, 9.17) is 4.74 Å². The maximum absolute atomic E-state index is 12.3. The number of hydrogen-bond acceptors (Lipinski definition) is 3. The number of ether oxygens (including phenoxy) is 1. The van der Waals surface area contributed by atoms with Crippen LogP contribution in [0.1, 0.15) is 45.1 Å². The lowest BCUT2D eigenvalue weighted by atomic mass is 9.81. The minimum atomic E-state index is -0.857. The molecule has 1 aromatic carbocycles. The Kier molecular flexibility index (Phi) is 5.91. The molecule has 5 nitrogen and oxygen atoms in total. The number of hydrogen-bond donors (Lipinski definition) is 1. The van der Waals surface area contributed by atoms with Crippen LogP contribution in [0, 0.1) is 5.92 Å². The molecule has 1 amide bonds. The minimum absolute atomic E-state index is 0.127. The Morgan fingerprint density at radius 3 is 2.67 bits per heavy atom. The van der Waals surface area contributed by atoms with Gasteiger partial charge in [-0.1, -0.05) is 28.1 Å². The van der Waals surface area contributed by atoms with E-state index in [0.29, 0.717) is 13.1 Å². The molecule has 1 fully saturated rings. The average Bonchev–Trinajstić information content (AvgIpc) is 2.45. The molecule has 0 bridgehead atoms. The van der Waals surface area contributed by atoms with Crippen molar-refractivity contribution in [3.05, 3.63) is 34.3 Å². The molecule has 1 N–H and O–H groups in total. The molecule has 0 radical (unpaired) electrons. The molecule has 2 rings (SSSR count). The summed E-state index contributed by atoms with van der Waals surface area (Å²) in [5.41, 5.74) is 0.202. The van der Waals surface area contributed by atoms with Gasteiger partial charge in [-0.05, 0) is 57.2 Å². The van der Waals surface area contributed by atoms with Gasteiger partial charge in [0.05, 0.1) is 5.92 Å². The van der Waals surface area contributed by atoms with E-state index in [1.807, 2.05) is 45.0 Å². The second-order valence-electron chi connectivity index (χ2n) is 7.20. The quantitative estimate of drug-likeness (QED) is 0.826. The van der Waals surface area contributed by atoms with Gasteiger partial charge in [0, 0.05) is 17.6 Å². The standard InChI is InChI=1S/C18H24BrNO4/c1-18(2,3)24-17(23)20-9-5-7-13(11-20)15(16(21)22)12-6-4-8-14(19)10-12/h4,6,8,10,13,15H,5,7,9,11H2,1-3H3,(H,21,22). The van der Waals surface area contributed by atoms with Crippen molar-refractivity contribution in [3.63, 3.8) is 0 Å². The molecule has 1 aromatic rings. The zero-order valence-corrected chi connectivity index (χ0v) is 15.9. The molecule has 0 saturated carbocycles. The number of aliphatic carboxylic acids is 1. The molecule has 6 heteroatoms. The molecule has 2 unspecified atom stereocenters. The van der Waals surface area contributed by atoms with Crippen molar-refractivity contribution in [3.8, 4) is 0 Å². The van der Waals surface area contributed by atoms with Gasteiger partial charge in [0.25, 0.3) is 0 Å². The lowest BCUT2D eigenvalue weighted by molar-refractivity contribution is -0.140. The fraction of sp³-hybridized carbons (Fsp3) is 0.556. The van der Waals surface area contributed by atoms with Gasteiger partial charge in [0.15, 0.2) is 0 Å². The zero-order chi connectivity index (χ0) is 17.9. The van der Waals surface area contributed by atoms with Crippen molar-refractivity contribution in [2.24, 2.45) is 5.92 Å². The van der Waals surface area contributed by atoms with Gasteiger partial charge in [-0.2, -0.15) is 0 Å². The number of likely N-dealkylation sites (tertiary alicyclic amines) is 1. The first-order valence-corrected chi connectivity index (χ1v) is 8.93. The van der Waals surface area contributed by atoms with Crippen molar-refractivity contribution < 1.29 is 19.4 Å². The summed E-state index contributed by atoms with van der Waals surface area (Å²) in [6.45, 7) is 6.49. The molecule has 24 heavy (non-hydrogen) atoms. The van der Waals surface area contributed by atoms with E-state index in [2.05, 4.69) is 15.9 Å². The number of carbonyl (C=O) groups excluding carboxylic acids is 1. The van der Waals surface area contributed by atoms with E-state index in [-0.39, 0.29) is 12.0 Å². The van der Waals surface area contributed by atoms with Crippen LogP contribution in [0.3, 0.4) is 0 Å². The lowest BCUT2D eigenvalue weighted by Crippen LogP contribution is -2.45. The molecule has 1 aliphatic heterocycles. The van der Waals surface area contributed by atoms with Crippen LogP contribution in [0.5, 0.6) is 0 Å². The second kappa shape index (κ2) is 7.55. The molecular formula is C18H24BrNO4. The Bertz CT molecular complexity index is 611. The monoisotopic (exact) mass is 397 g/mol. The van der Waals surface area contributed by atoms with Crippen LogP contribution >= 0.6 is 15.9 Å². The number of rotatable bonds is 3. The van der Waals surface area contributed by atoms with Gasteiger partial charge in [0.1, 0.15) is 5.60 Å². The van der Waals surface area contributed by atoms with Gasteiger partial charge in [-0.25, -0.2) is 4.79 Å². The third kappa shape index (κ3) is 4.97. The van der Waals surface area contributed by atoms with E-state index >= 15 is 0 Å². The number of carboxylic acids is 1. The van der Waals surface area contributed by atoms with E-state index in [1.165, 1.54) is 0 Å². The van der Waals surface area contributed by atoms with Gasteiger partial charge < -0.3 is 14.7 Å². The van der Waals surface area contributed by atoms with Crippen LogP contribution < -0.4 is 0 Å². The summed E-state index contributed by atoms with van der Waals surface area (Å²) in [4.78, 5) is 25.8. The first-order valence-electron chi connectivity index (χ1n) is 8.13. The number of halogens is 1. The maximum Gasteiger partial charge on any atom is 0.410 e. The molecule has 0 aliphatic carbocycles. The third-order valence-corrected chi connectivity index (χ3v) is 4.55. The highest BCUT2D eigenvalue weighted by molar-refractivity contribution is 9.10. The Hall–Kier alpha value is -1.56. The summed E-state index contributed by atoms with van der Waals surface area (Å²) in [5.74, 6) is -1.62. The van der Waals surface area contributed by atoms with E-state index in [1.54, 1.807) is 4.90 Å². The average molecular weight is 398 g/mol. The van der Waals surface area contributed by atoms with Crippen LogP contribution in [-0.4, -0.2) is 40.8 Å². The molecule has 1 aliphatic rings. The summed E-state index contributed by atoms with van der Waals surface area (Å²) in [6.07, 6.45) is 1.19. The fourth-order valence-corrected chi connectivity index (χ4v) is 3.51. The summed E-state index contributed by atoms with van der Waals surface area (Å²) < 4.78 is 6.28. The Morgan fingerprint density at radius 2 is 2.08 bits per heavy atom. The number of carboxylic acid groups (broad SMARTS) is 1. The van der Waals surface area contributed by atoms with E-state index < -0.39 is 17.5 Å². The number of piperidine rings is 1. The second-order valence-corrected chi connectivity index (χ2v) is 8.12. The van der Waals surface area contributed by atoms with Crippen LogP contribution in [0.15, 0.2) is 28.7 Å². The number of benzene rings is 1. The normalized spacial score (nSPS) is 19.7. The van der Waals surface area contributed by atoms with Crippen LogP contribution in [0.4, 0.5) is 4.79 Å². The molecular weight excluding hydrogens is 374 g/mol. The molecule has 1 saturated heterocycles. The minimum Gasteiger partial charge on any atom is -0.481 e. The van der Waals surface area contributed by atoms with E-state index in [0.717, 1.165) is 22.9 Å². The SMILES string of the molecule is CC(C)(C)OC(=O)N1CCCC(C(C(=O)O)c2cccc(Br)c2)C1. The van der Waals surface area contributed by atoms with Crippen molar-refractivity contribution in [1.82, 2.24) is 4.90 Å². The fourth-order valence-electron chi connectivity index (χ4n) is 3.09. The van der Waals surface area contributed by atoms with Crippen LogP contribution in [0.25, 0.3) is 0 Å². The predicted molar refractivity (Wildman–Crippen MR) is 95.0 cm³/mol. The summed E-state index contributed by atoms with van der Waals surface area (Å²) in [6, 6.07) is 7.38. The van der Waals surface area contributed by atoms with Crippen LogP contribution in [-0.2, 0) is 9.53 Å². The third-order valence-electron chi connectivity index (χ3n) is 4.05. The van der Waals surface area contributed by atoms with Crippen molar-refractivity contribution >= 4 is 28.0 Å². The van der Waals surface area contributed by atoms with Gasteiger partial charge in [-0.15, -0.1) is 0 Å². The van der Waals surface area contributed by atoms with Crippen molar-refractivity contribution in [2.75, 3.05) is 13.1 Å². The van der Waals surface area contributed by atoms with Gasteiger partial charge in [-0.3, -0.25) is 4.79 Å². The molecule has 0 spiro atoms. The first kappa shape index (κ1) is 18.8. The zero-order valence-electron chi connectivity index (χ0n) is 14.3. The summed E-state index contributed by atoms with van der Waals surface area (Å²) in [7, 11) is 0. The topological polar surface area (TPSA) is 66.8 Å². The van der Waals surface area contributed by atoms with Crippen LogP contribution in [0.2, 0.25) is 0 Å². The highest BCUT2D eigenvalue weighted by Gasteiger charge is 2.35. The maximum atomic E-state index is 12.3. The predicted octanol–water partition coefficient (Wildman–Crippen LogP) is 4.26. The molecule has 132 valence electrons. The molecule has 2 atom stereocenters. The smallest absolute Gasteiger partial charge is 0.410 e. The summed E-state index contributed by atoms with van der Waals surface area (Å²) in [5, 5.41) is 9.73. The Balaban J connectivity index is 2.16. The summed E-state index contributed by atoms with van der Waals surface area (Å²) >= 11 is 3.39.